The third-order valence-electron chi connectivity index (χ3n) is 3.37. The first-order valence-electron chi connectivity index (χ1n) is 7.20. The first-order chi connectivity index (χ1) is 11.5. The first kappa shape index (κ1) is 18.6. The van der Waals surface area contributed by atoms with Crippen molar-refractivity contribution >= 4 is 35.3 Å². The van der Waals surface area contributed by atoms with Crippen molar-refractivity contribution in [2.45, 2.75) is 18.9 Å². The molecule has 0 amide bonds. The van der Waals surface area contributed by atoms with Crippen molar-refractivity contribution in [1.29, 1.82) is 5.26 Å². The summed E-state index contributed by atoms with van der Waals surface area (Å²) in [6.45, 7) is -3.72. The molecule has 2 N–H and O–H groups in total. The Hall–Kier alpha value is -1.75. The number of para-hydroxylation sites is 1. The largest absolute Gasteiger partial charge is 0.789 e. The second-order valence-corrected chi connectivity index (χ2v) is 7.96. The quantitative estimate of drug-likeness (QED) is 0.412. The van der Waals surface area contributed by atoms with E-state index in [0.717, 1.165) is 16.5 Å². The van der Waals surface area contributed by atoms with Crippen LogP contribution in [0.25, 0.3) is 10.9 Å². The number of aromatic nitrogens is 1. The van der Waals surface area contributed by atoms with Crippen LogP contribution in [-0.4, -0.2) is 30.7 Å². The molecular weight excluding hydrogens is 349 g/mol. The molecule has 2 aromatic rings. The monoisotopic (exact) mass is 366 g/mol. The molecular formula is C15H17N3O4PS-. The normalized spacial score (nSPS) is 14.7. The van der Waals surface area contributed by atoms with Crippen LogP contribution in [0.2, 0.25) is 0 Å². The van der Waals surface area contributed by atoms with E-state index in [-0.39, 0.29) is 19.4 Å². The summed E-state index contributed by atoms with van der Waals surface area (Å²) in [6, 6.07) is 8.59. The van der Waals surface area contributed by atoms with Gasteiger partial charge in [0.1, 0.15) is 6.04 Å². The van der Waals surface area contributed by atoms with Gasteiger partial charge in [0.2, 0.25) is 0 Å². The number of nitrogens with one attached hydrogen (secondary N) is 2. The molecule has 0 aliphatic heterocycles. The van der Waals surface area contributed by atoms with Crippen molar-refractivity contribution in [3.05, 3.63) is 36.0 Å². The van der Waals surface area contributed by atoms with E-state index in [2.05, 4.69) is 10.1 Å². The molecule has 1 aromatic carbocycles. The first-order valence-corrected chi connectivity index (χ1v) is 9.84. The predicted molar refractivity (Wildman–Crippen MR) is 91.4 cm³/mol. The number of methoxy groups -OCH3 is 1. The summed E-state index contributed by atoms with van der Waals surface area (Å²) < 4.78 is 9.78. The predicted octanol–water partition coefficient (Wildman–Crippen LogP) is 1.36. The number of H-pyrrole nitrogens is 1. The fraction of sp³-hybridized carbons (Fsp3) is 0.333. The van der Waals surface area contributed by atoms with Gasteiger partial charge >= 0.3 is 5.97 Å². The van der Waals surface area contributed by atoms with E-state index in [1.165, 1.54) is 7.11 Å². The Morgan fingerprint density at radius 1 is 1.54 bits per heavy atom. The van der Waals surface area contributed by atoms with Crippen molar-refractivity contribution in [2.24, 2.45) is 0 Å². The lowest BCUT2D eigenvalue weighted by atomic mass is 10.1. The van der Waals surface area contributed by atoms with Gasteiger partial charge in [0, 0.05) is 23.5 Å². The van der Waals surface area contributed by atoms with Gasteiger partial charge in [-0.3, -0.25) is 9.88 Å². The van der Waals surface area contributed by atoms with Crippen molar-refractivity contribution in [3.63, 3.8) is 0 Å². The smallest absolute Gasteiger partial charge is 0.323 e. The molecule has 0 saturated heterocycles. The van der Waals surface area contributed by atoms with Gasteiger partial charge in [-0.25, -0.2) is 0 Å². The highest BCUT2D eigenvalue weighted by Crippen LogP contribution is 2.34. The zero-order valence-corrected chi connectivity index (χ0v) is 14.7. The molecule has 9 heteroatoms. The number of ether oxygens (including phenoxy) is 1. The van der Waals surface area contributed by atoms with Crippen LogP contribution in [0, 0.1) is 11.3 Å². The standard InChI is InChI=1S/C15H18N3O4PS/c1-21-15(19)14(18-23(20,24)22-8-4-7-16)9-11-10-17-13-6-3-2-5-12(11)13/h2-3,5-6,10,14,17H,4,8-9H2,1H3,(H2,18,20,24)/p-1. The number of carbonyl (C=O) groups is 1. The Morgan fingerprint density at radius 3 is 3.00 bits per heavy atom. The average molecular weight is 366 g/mol. The number of esters is 1. The van der Waals surface area contributed by atoms with E-state index in [0.29, 0.717) is 0 Å². The van der Waals surface area contributed by atoms with Crippen LogP contribution in [0.5, 0.6) is 0 Å². The zero-order valence-electron chi connectivity index (χ0n) is 13.0. The number of fused-ring (bicyclic) bond motifs is 1. The van der Waals surface area contributed by atoms with Crippen molar-refractivity contribution in [1.82, 2.24) is 10.1 Å². The van der Waals surface area contributed by atoms with Gasteiger partial charge in [0.25, 0.3) is 0 Å². The average Bonchev–Trinajstić information content (AvgIpc) is 2.96. The summed E-state index contributed by atoms with van der Waals surface area (Å²) in [4.78, 5) is 27.4. The number of carbonyl (C=O) groups excluding carboxylic acids is 1. The third-order valence-corrected chi connectivity index (χ3v) is 5.16. The Morgan fingerprint density at radius 2 is 2.29 bits per heavy atom. The summed E-state index contributed by atoms with van der Waals surface area (Å²) in [5, 5.41) is 12.0. The molecule has 0 saturated carbocycles. The van der Waals surface area contributed by atoms with Crippen LogP contribution in [0.1, 0.15) is 12.0 Å². The Labute approximate surface area is 144 Å². The van der Waals surface area contributed by atoms with Gasteiger partial charge in [0.15, 0.2) is 0 Å². The van der Waals surface area contributed by atoms with Crippen molar-refractivity contribution in [2.75, 3.05) is 13.7 Å². The Balaban J connectivity index is 2.15. The van der Waals surface area contributed by atoms with Crippen LogP contribution < -0.4 is 9.98 Å². The van der Waals surface area contributed by atoms with Crippen LogP contribution in [0.3, 0.4) is 0 Å². The summed E-state index contributed by atoms with van der Waals surface area (Å²) in [5.41, 5.74) is 1.79. The molecule has 0 aliphatic rings. The molecule has 0 bridgehead atoms. The zero-order chi connectivity index (χ0) is 17.6. The van der Waals surface area contributed by atoms with E-state index in [9.17, 15) is 9.69 Å². The number of hydrogen-bond acceptors (Lipinski definition) is 6. The Kier molecular flexibility index (Phi) is 6.49. The van der Waals surface area contributed by atoms with Gasteiger partial charge < -0.3 is 19.1 Å². The van der Waals surface area contributed by atoms with Crippen LogP contribution in [0.15, 0.2) is 30.5 Å². The summed E-state index contributed by atoms with van der Waals surface area (Å²) >= 11 is 4.89. The molecule has 1 aromatic heterocycles. The highest BCUT2D eigenvalue weighted by Gasteiger charge is 2.23. The number of hydrogen-bond donors (Lipinski definition) is 2. The summed E-state index contributed by atoms with van der Waals surface area (Å²) in [5.74, 6) is -0.589. The molecule has 128 valence electrons. The van der Waals surface area contributed by atoms with Crippen LogP contribution in [-0.2, 0) is 32.3 Å². The lowest BCUT2D eigenvalue weighted by molar-refractivity contribution is -0.187. The molecule has 1 heterocycles. The number of rotatable bonds is 8. The molecule has 2 atom stereocenters. The molecule has 24 heavy (non-hydrogen) atoms. The minimum absolute atomic E-state index is 0.0631. The Bertz CT molecular complexity index is 801. The topological polar surface area (TPSA) is 110 Å². The van der Waals surface area contributed by atoms with Crippen LogP contribution >= 0.6 is 6.64 Å². The molecule has 0 fully saturated rings. The van der Waals surface area contributed by atoms with E-state index < -0.39 is 18.7 Å². The lowest BCUT2D eigenvalue weighted by Crippen LogP contribution is -2.40. The molecule has 0 aliphatic carbocycles. The minimum Gasteiger partial charge on any atom is -0.789 e. The number of benzene rings is 1. The minimum atomic E-state index is -3.65. The van der Waals surface area contributed by atoms with E-state index in [1.54, 1.807) is 6.20 Å². The lowest BCUT2D eigenvalue weighted by Gasteiger charge is -2.32. The van der Waals surface area contributed by atoms with Crippen molar-refractivity contribution < 1.29 is 18.9 Å². The SMILES string of the molecule is COC(=O)C(Cc1c[nH]c2ccccc12)NP([O-])(=S)OCCC#N. The fourth-order valence-electron chi connectivity index (χ4n) is 2.28. The number of nitrogens with zero attached hydrogens (tertiary/aromatic N) is 1. The molecule has 2 rings (SSSR count). The maximum absolute atomic E-state index is 12.3. The van der Waals surface area contributed by atoms with E-state index in [1.807, 2.05) is 30.3 Å². The molecule has 0 radical (unpaired) electrons. The molecule has 2 unspecified atom stereocenters. The van der Waals surface area contributed by atoms with Crippen molar-refractivity contribution in [3.8, 4) is 6.07 Å². The fourth-order valence-corrected chi connectivity index (χ4v) is 3.87. The maximum atomic E-state index is 12.3. The summed E-state index contributed by atoms with van der Waals surface area (Å²) in [6.07, 6.45) is 2.08. The van der Waals surface area contributed by atoms with Gasteiger partial charge in [-0.05, 0) is 11.6 Å². The summed E-state index contributed by atoms with van der Waals surface area (Å²) in [7, 11) is 1.25. The van der Waals surface area contributed by atoms with Crippen LogP contribution in [0.4, 0.5) is 0 Å². The highest BCUT2D eigenvalue weighted by atomic mass is 32.5. The highest BCUT2D eigenvalue weighted by molar-refractivity contribution is 8.07. The molecule has 7 nitrogen and oxygen atoms in total. The number of aromatic amines is 1. The van der Waals surface area contributed by atoms with Gasteiger partial charge in [-0.15, -0.1) is 0 Å². The van der Waals surface area contributed by atoms with Gasteiger partial charge in [-0.2, -0.15) is 5.26 Å². The number of nitriles is 1. The maximum Gasteiger partial charge on any atom is 0.323 e. The van der Waals surface area contributed by atoms with E-state index >= 15 is 0 Å². The molecule has 0 spiro atoms. The second kappa shape index (κ2) is 8.38. The second-order valence-electron chi connectivity index (χ2n) is 5.01. The van der Waals surface area contributed by atoms with E-state index in [4.69, 9.17) is 26.3 Å². The third kappa shape index (κ3) is 4.87. The van der Waals surface area contributed by atoms with Gasteiger partial charge in [-0.1, -0.05) is 30.0 Å². The van der Waals surface area contributed by atoms with Gasteiger partial charge in [0.05, 0.1) is 32.8 Å².